The van der Waals surface area contributed by atoms with Crippen LogP contribution in [0.15, 0.2) is 29.2 Å². The smallest absolute Gasteiger partial charge is 0.221 e. The Hall–Kier alpha value is -0.780. The van der Waals surface area contributed by atoms with Gasteiger partial charge < -0.3 is 10.6 Å². The molecule has 3 rings (SSSR count). The number of nitrogens with one attached hydrogen (secondary N) is 2. The lowest BCUT2D eigenvalue weighted by molar-refractivity contribution is -0.121. The van der Waals surface area contributed by atoms with Crippen LogP contribution in [0, 0.1) is 5.82 Å². The van der Waals surface area contributed by atoms with Gasteiger partial charge in [-0.1, -0.05) is 0 Å². The van der Waals surface area contributed by atoms with E-state index in [0.29, 0.717) is 24.5 Å². The van der Waals surface area contributed by atoms with E-state index in [1.165, 1.54) is 25.0 Å². The monoisotopic (exact) mass is 344 g/mol. The molecule has 22 heavy (non-hydrogen) atoms. The van der Waals surface area contributed by atoms with Crippen molar-refractivity contribution in [3.8, 4) is 0 Å². The number of hydrogen-bond donors (Lipinski definition) is 2. The molecule has 0 saturated carbocycles. The van der Waals surface area contributed by atoms with Crippen LogP contribution in [-0.2, 0) is 4.79 Å². The van der Waals surface area contributed by atoms with E-state index >= 15 is 0 Å². The zero-order chi connectivity index (χ0) is 14.7. The van der Waals surface area contributed by atoms with Crippen molar-refractivity contribution in [3.05, 3.63) is 30.1 Å². The lowest BCUT2D eigenvalue weighted by Crippen LogP contribution is -2.48. The summed E-state index contributed by atoms with van der Waals surface area (Å²) in [5, 5.41) is 6.74. The van der Waals surface area contributed by atoms with Gasteiger partial charge in [0.2, 0.25) is 5.91 Å². The van der Waals surface area contributed by atoms with Gasteiger partial charge in [-0.15, -0.1) is 24.2 Å². The first-order valence-electron chi connectivity index (χ1n) is 7.63. The highest BCUT2D eigenvalue weighted by molar-refractivity contribution is 7.99. The minimum atomic E-state index is -0.224. The largest absolute Gasteiger partial charge is 0.353 e. The third kappa shape index (κ3) is 4.86. The number of rotatable bonds is 5. The number of amides is 1. The number of piperidine rings is 1. The minimum absolute atomic E-state index is 0. The van der Waals surface area contributed by atoms with Crippen LogP contribution in [0.4, 0.5) is 4.39 Å². The highest BCUT2D eigenvalue weighted by atomic mass is 35.5. The lowest BCUT2D eigenvalue weighted by Gasteiger charge is -2.29. The van der Waals surface area contributed by atoms with Crippen molar-refractivity contribution in [1.29, 1.82) is 0 Å². The number of thioether (sulfide) groups is 1. The topological polar surface area (TPSA) is 41.1 Å². The average Bonchev–Trinajstić information content (AvgIpc) is 2.80. The Kier molecular flexibility index (Phi) is 6.53. The zero-order valence-corrected chi connectivity index (χ0v) is 14.0. The number of benzene rings is 1. The maximum atomic E-state index is 12.8. The number of fused-ring (bicyclic) bond motifs is 2. The fourth-order valence-corrected chi connectivity index (χ4v) is 4.12. The minimum Gasteiger partial charge on any atom is -0.353 e. The predicted octanol–water partition coefficient (Wildman–Crippen LogP) is 3.13. The van der Waals surface area contributed by atoms with Gasteiger partial charge in [-0.3, -0.25) is 4.79 Å². The van der Waals surface area contributed by atoms with E-state index in [-0.39, 0.29) is 24.1 Å². The Labute approximate surface area is 141 Å². The van der Waals surface area contributed by atoms with Crippen LogP contribution in [0.1, 0.15) is 32.1 Å². The van der Waals surface area contributed by atoms with Gasteiger partial charge >= 0.3 is 0 Å². The van der Waals surface area contributed by atoms with Crippen molar-refractivity contribution < 1.29 is 9.18 Å². The van der Waals surface area contributed by atoms with Gasteiger partial charge in [-0.2, -0.15) is 0 Å². The molecule has 1 aromatic rings. The Bertz CT molecular complexity index is 487. The standard InChI is InChI=1S/C16H21FN2OS.ClH/c17-11-1-5-15(6-2-11)21-8-7-16(20)19-14-9-12-3-4-13(10-14)18-12;/h1-2,5-6,12-14,18H,3-4,7-10H2,(H,19,20);1H. The quantitative estimate of drug-likeness (QED) is 0.806. The van der Waals surface area contributed by atoms with Gasteiger partial charge in [-0.25, -0.2) is 4.39 Å². The summed E-state index contributed by atoms with van der Waals surface area (Å²) in [5.41, 5.74) is 0. The van der Waals surface area contributed by atoms with Crippen molar-refractivity contribution in [2.45, 2.75) is 55.1 Å². The summed E-state index contributed by atoms with van der Waals surface area (Å²) in [6, 6.07) is 7.95. The van der Waals surface area contributed by atoms with Gasteiger partial charge in [0.1, 0.15) is 5.82 Å². The van der Waals surface area contributed by atoms with E-state index in [4.69, 9.17) is 0 Å². The summed E-state index contributed by atoms with van der Waals surface area (Å²) in [6.45, 7) is 0. The van der Waals surface area contributed by atoms with Gasteiger partial charge in [-0.05, 0) is 49.9 Å². The summed E-state index contributed by atoms with van der Waals surface area (Å²) in [5.74, 6) is 0.642. The number of carbonyl (C=O) groups is 1. The van der Waals surface area contributed by atoms with Crippen LogP contribution in [0.25, 0.3) is 0 Å². The molecule has 2 N–H and O–H groups in total. The van der Waals surface area contributed by atoms with Crippen molar-refractivity contribution in [1.82, 2.24) is 10.6 Å². The molecule has 2 aliphatic heterocycles. The molecule has 0 radical (unpaired) electrons. The predicted molar refractivity (Wildman–Crippen MR) is 90.1 cm³/mol. The molecule has 2 saturated heterocycles. The summed E-state index contributed by atoms with van der Waals surface area (Å²) in [7, 11) is 0. The molecule has 2 atom stereocenters. The second-order valence-corrected chi connectivity index (χ2v) is 7.09. The molecule has 2 fully saturated rings. The molecule has 2 aliphatic rings. The van der Waals surface area contributed by atoms with Gasteiger partial charge in [0.05, 0.1) is 0 Å². The van der Waals surface area contributed by atoms with Crippen LogP contribution in [-0.4, -0.2) is 29.8 Å². The third-order valence-corrected chi connectivity index (χ3v) is 5.26. The first kappa shape index (κ1) is 17.6. The van der Waals surface area contributed by atoms with Crippen LogP contribution in [0.3, 0.4) is 0 Å². The number of carbonyl (C=O) groups excluding carboxylic acids is 1. The first-order chi connectivity index (χ1) is 10.2. The highest BCUT2D eigenvalue weighted by Gasteiger charge is 2.33. The maximum Gasteiger partial charge on any atom is 0.221 e. The molecular formula is C16H22ClFN2OS. The van der Waals surface area contributed by atoms with E-state index < -0.39 is 0 Å². The second-order valence-electron chi connectivity index (χ2n) is 5.93. The zero-order valence-electron chi connectivity index (χ0n) is 12.4. The Morgan fingerprint density at radius 1 is 1.23 bits per heavy atom. The van der Waals surface area contributed by atoms with Crippen molar-refractivity contribution in [2.75, 3.05) is 5.75 Å². The van der Waals surface area contributed by atoms with Crippen molar-refractivity contribution in [3.63, 3.8) is 0 Å². The SMILES string of the molecule is Cl.O=C(CCSc1ccc(F)cc1)NC1CC2CCC(C1)N2. The van der Waals surface area contributed by atoms with Gasteiger partial charge in [0, 0.05) is 35.2 Å². The van der Waals surface area contributed by atoms with E-state index in [0.717, 1.165) is 23.5 Å². The Balaban J connectivity index is 0.00000176. The maximum absolute atomic E-state index is 12.8. The third-order valence-electron chi connectivity index (χ3n) is 4.25. The fraction of sp³-hybridized carbons (Fsp3) is 0.562. The Morgan fingerprint density at radius 2 is 1.86 bits per heavy atom. The van der Waals surface area contributed by atoms with Crippen LogP contribution in [0.5, 0.6) is 0 Å². The first-order valence-corrected chi connectivity index (χ1v) is 8.61. The lowest BCUT2D eigenvalue weighted by atomic mass is 10.00. The van der Waals surface area contributed by atoms with Gasteiger partial charge in [0.25, 0.3) is 0 Å². The van der Waals surface area contributed by atoms with Gasteiger partial charge in [0.15, 0.2) is 0 Å². The van der Waals surface area contributed by atoms with Crippen LogP contribution >= 0.6 is 24.2 Å². The molecule has 6 heteroatoms. The normalized spacial score (nSPS) is 26.3. The summed E-state index contributed by atoms with van der Waals surface area (Å²) >= 11 is 1.59. The highest BCUT2D eigenvalue weighted by Crippen LogP contribution is 2.27. The molecule has 122 valence electrons. The molecule has 0 spiro atoms. The van der Waals surface area contributed by atoms with E-state index in [1.54, 1.807) is 23.9 Å². The fourth-order valence-electron chi connectivity index (χ4n) is 3.27. The molecular weight excluding hydrogens is 323 g/mol. The molecule has 3 nitrogen and oxygen atoms in total. The van der Waals surface area contributed by atoms with Crippen molar-refractivity contribution >= 4 is 30.1 Å². The molecule has 1 aromatic carbocycles. The summed E-state index contributed by atoms with van der Waals surface area (Å²) < 4.78 is 12.8. The Morgan fingerprint density at radius 3 is 2.50 bits per heavy atom. The number of halogens is 2. The average molecular weight is 345 g/mol. The van der Waals surface area contributed by atoms with Crippen LogP contribution in [0.2, 0.25) is 0 Å². The number of hydrogen-bond acceptors (Lipinski definition) is 3. The van der Waals surface area contributed by atoms with E-state index in [2.05, 4.69) is 10.6 Å². The van der Waals surface area contributed by atoms with Crippen molar-refractivity contribution in [2.24, 2.45) is 0 Å². The summed E-state index contributed by atoms with van der Waals surface area (Å²) in [4.78, 5) is 13.0. The molecule has 2 bridgehead atoms. The molecule has 0 aliphatic carbocycles. The second kappa shape index (κ2) is 8.18. The van der Waals surface area contributed by atoms with E-state index in [9.17, 15) is 9.18 Å². The van der Waals surface area contributed by atoms with E-state index in [1.807, 2.05) is 0 Å². The van der Waals surface area contributed by atoms with Crippen LogP contribution < -0.4 is 10.6 Å². The molecule has 2 unspecified atom stereocenters. The molecule has 2 heterocycles. The molecule has 1 amide bonds. The molecule has 0 aromatic heterocycles. The summed E-state index contributed by atoms with van der Waals surface area (Å²) in [6.07, 6.45) is 5.14.